The number of amidine groups is 1. The summed E-state index contributed by atoms with van der Waals surface area (Å²) in [6, 6.07) is 18.1. The van der Waals surface area contributed by atoms with Gasteiger partial charge in [0, 0.05) is 18.1 Å². The molecule has 1 N–H and O–H groups in total. The fourth-order valence-corrected chi connectivity index (χ4v) is 5.27. The van der Waals surface area contributed by atoms with Crippen LogP contribution in [0.25, 0.3) is 0 Å². The number of hydrogen-bond donors (Lipinski definition) is 1. The van der Waals surface area contributed by atoms with Gasteiger partial charge in [-0.05, 0) is 36.6 Å². The number of aliphatic imine (C=N–C) groups is 1. The Morgan fingerprint density at radius 1 is 1.16 bits per heavy atom. The number of fused-ring (bicyclic) bond motifs is 1. The van der Waals surface area contributed by atoms with Gasteiger partial charge in [0.1, 0.15) is 0 Å². The number of nitrogens with zero attached hydrogens (tertiary/aromatic N) is 2. The zero-order chi connectivity index (χ0) is 17.4. The zero-order valence-electron chi connectivity index (χ0n) is 14.1. The summed E-state index contributed by atoms with van der Waals surface area (Å²) in [7, 11) is 0. The van der Waals surface area contributed by atoms with E-state index in [1.54, 1.807) is 11.8 Å². The summed E-state index contributed by atoms with van der Waals surface area (Å²) in [4.78, 5) is 6.75. The van der Waals surface area contributed by atoms with Crippen molar-refractivity contribution in [1.82, 2.24) is 4.90 Å². The van der Waals surface area contributed by atoms with Crippen LogP contribution in [0, 0.1) is 0 Å². The first-order chi connectivity index (χ1) is 12.1. The molecule has 4 rings (SSSR count). The molecule has 1 fully saturated rings. The predicted octanol–water partition coefficient (Wildman–Crippen LogP) is 4.36. The summed E-state index contributed by atoms with van der Waals surface area (Å²) in [5, 5.41) is 13.7. The number of rotatable bonds is 3. The molecular weight excluding hydrogens is 352 g/mol. The van der Waals surface area contributed by atoms with Gasteiger partial charge >= 0.3 is 0 Å². The van der Waals surface area contributed by atoms with Gasteiger partial charge in [0.15, 0.2) is 10.9 Å². The van der Waals surface area contributed by atoms with Gasteiger partial charge in [-0.25, -0.2) is 0 Å². The van der Waals surface area contributed by atoms with E-state index in [1.165, 1.54) is 0 Å². The summed E-state index contributed by atoms with van der Waals surface area (Å²) < 4.78 is 0. The Morgan fingerprint density at radius 3 is 2.56 bits per heavy atom. The van der Waals surface area contributed by atoms with Crippen molar-refractivity contribution in [3.8, 4) is 0 Å². The summed E-state index contributed by atoms with van der Waals surface area (Å²) in [5.41, 5.74) is 1.16. The summed E-state index contributed by atoms with van der Waals surface area (Å²) >= 11 is 7.78. The van der Waals surface area contributed by atoms with Crippen molar-refractivity contribution in [2.45, 2.75) is 30.2 Å². The van der Waals surface area contributed by atoms with E-state index in [4.69, 9.17) is 11.6 Å². The van der Waals surface area contributed by atoms with E-state index in [-0.39, 0.29) is 11.2 Å². The number of benzene rings is 2. The maximum Gasteiger partial charge on any atom is 0.162 e. The second-order valence-electron chi connectivity index (χ2n) is 6.61. The Kier molecular flexibility index (Phi) is 4.52. The van der Waals surface area contributed by atoms with Crippen LogP contribution in [0.3, 0.4) is 0 Å². The van der Waals surface area contributed by atoms with E-state index in [9.17, 15) is 5.11 Å². The quantitative estimate of drug-likeness (QED) is 0.869. The third kappa shape index (κ3) is 2.86. The third-order valence-corrected chi connectivity index (χ3v) is 6.60. The van der Waals surface area contributed by atoms with Crippen molar-refractivity contribution in [2.75, 3.05) is 13.1 Å². The Labute approximate surface area is 157 Å². The number of hydrogen-bond acceptors (Lipinski definition) is 4. The summed E-state index contributed by atoms with van der Waals surface area (Å²) in [6.45, 7) is 3.78. The Morgan fingerprint density at radius 2 is 1.84 bits per heavy atom. The first-order valence-electron chi connectivity index (χ1n) is 8.62. The average molecular weight is 373 g/mol. The molecule has 130 valence electrons. The van der Waals surface area contributed by atoms with Crippen LogP contribution in [-0.2, 0) is 0 Å². The van der Waals surface area contributed by atoms with E-state index in [1.807, 2.05) is 42.5 Å². The molecule has 2 aromatic carbocycles. The van der Waals surface area contributed by atoms with Crippen LogP contribution in [0.15, 0.2) is 59.6 Å². The Balaban J connectivity index is 1.87. The van der Waals surface area contributed by atoms with E-state index < -0.39 is 5.72 Å². The lowest BCUT2D eigenvalue weighted by molar-refractivity contribution is -0.0755. The van der Waals surface area contributed by atoms with Crippen molar-refractivity contribution in [3.05, 3.63) is 70.7 Å². The van der Waals surface area contributed by atoms with E-state index in [0.717, 1.165) is 35.8 Å². The van der Waals surface area contributed by atoms with Gasteiger partial charge in [-0.15, -0.1) is 0 Å². The molecule has 2 aliphatic heterocycles. The van der Waals surface area contributed by atoms with E-state index >= 15 is 0 Å². The fourth-order valence-electron chi connectivity index (χ4n) is 3.86. The van der Waals surface area contributed by atoms with Crippen LogP contribution in [-0.4, -0.2) is 39.2 Å². The van der Waals surface area contributed by atoms with Crippen molar-refractivity contribution in [1.29, 1.82) is 0 Å². The molecule has 0 spiro atoms. The highest BCUT2D eigenvalue weighted by atomic mass is 35.5. The van der Waals surface area contributed by atoms with Crippen molar-refractivity contribution < 1.29 is 5.11 Å². The van der Waals surface area contributed by atoms with E-state index in [0.29, 0.717) is 5.02 Å². The highest BCUT2D eigenvalue weighted by Crippen LogP contribution is 2.49. The lowest BCUT2D eigenvalue weighted by Crippen LogP contribution is -2.56. The Hall–Kier alpha value is -1.49. The molecule has 0 amide bonds. The minimum Gasteiger partial charge on any atom is -0.369 e. The molecule has 25 heavy (non-hydrogen) atoms. The topological polar surface area (TPSA) is 35.8 Å². The van der Waals surface area contributed by atoms with E-state index in [2.05, 4.69) is 28.9 Å². The van der Waals surface area contributed by atoms with Crippen molar-refractivity contribution in [2.24, 2.45) is 4.99 Å². The van der Waals surface area contributed by atoms with Crippen LogP contribution < -0.4 is 0 Å². The second kappa shape index (κ2) is 6.67. The fraction of sp³-hybridized carbons (Fsp3) is 0.350. The summed E-state index contributed by atoms with van der Waals surface area (Å²) in [5.74, 6) is -0.167. The van der Waals surface area contributed by atoms with Gasteiger partial charge in [0.2, 0.25) is 0 Å². The monoisotopic (exact) mass is 372 g/mol. The molecule has 3 unspecified atom stereocenters. The van der Waals surface area contributed by atoms with Gasteiger partial charge in [0.25, 0.3) is 0 Å². The molecule has 2 heterocycles. The van der Waals surface area contributed by atoms with Crippen LogP contribution >= 0.6 is 23.4 Å². The van der Waals surface area contributed by atoms with Gasteiger partial charge in [0.05, 0.1) is 11.2 Å². The molecule has 3 atom stereocenters. The molecule has 0 aromatic heterocycles. The molecule has 1 saturated heterocycles. The van der Waals surface area contributed by atoms with Gasteiger partial charge < -0.3 is 10.0 Å². The zero-order valence-corrected chi connectivity index (χ0v) is 15.7. The lowest BCUT2D eigenvalue weighted by Gasteiger charge is -2.44. The first-order valence-corrected chi connectivity index (χ1v) is 9.88. The van der Waals surface area contributed by atoms with Gasteiger partial charge in [-0.1, -0.05) is 65.8 Å². The molecule has 2 aliphatic rings. The van der Waals surface area contributed by atoms with Gasteiger partial charge in [-0.3, -0.25) is 4.99 Å². The number of thioether (sulfide) groups is 1. The minimum atomic E-state index is -1.01. The maximum atomic E-state index is 12.0. The maximum absolute atomic E-state index is 12.0. The minimum absolute atomic E-state index is 0.0187. The predicted molar refractivity (Wildman–Crippen MR) is 105 cm³/mol. The van der Waals surface area contributed by atoms with Crippen molar-refractivity contribution >= 4 is 28.5 Å². The molecule has 0 bridgehead atoms. The lowest BCUT2D eigenvalue weighted by atomic mass is 9.80. The molecule has 2 aromatic rings. The largest absolute Gasteiger partial charge is 0.369 e. The highest BCUT2D eigenvalue weighted by molar-refractivity contribution is 8.14. The standard InChI is InChI=1S/C20H21ClN2OS/c1-14-20(24,23-13-5-12-22-19(23)25-14)18(15-6-3-2-4-7-15)16-8-10-17(21)11-9-16/h2-4,6-11,14,18,24H,5,12-13H2,1H3. The number of aliphatic hydroxyl groups is 1. The smallest absolute Gasteiger partial charge is 0.162 e. The van der Waals surface area contributed by atoms with Crippen molar-refractivity contribution in [3.63, 3.8) is 0 Å². The molecule has 0 radical (unpaired) electrons. The molecular formula is C20H21ClN2OS. The van der Waals surface area contributed by atoms with Crippen LogP contribution in [0.2, 0.25) is 5.02 Å². The Bertz CT molecular complexity index is 780. The summed E-state index contributed by atoms with van der Waals surface area (Å²) in [6.07, 6.45) is 0.973. The van der Waals surface area contributed by atoms with Gasteiger partial charge in [-0.2, -0.15) is 0 Å². The third-order valence-electron chi connectivity index (χ3n) is 5.09. The molecule has 0 saturated carbocycles. The SMILES string of the molecule is CC1SC2=NCCCN2C1(O)C(c1ccccc1)c1ccc(Cl)cc1. The average Bonchev–Trinajstić information content (AvgIpc) is 2.89. The first kappa shape index (κ1) is 17.0. The van der Waals surface area contributed by atoms with Crippen LogP contribution in [0.4, 0.5) is 0 Å². The molecule has 3 nitrogen and oxygen atoms in total. The van der Waals surface area contributed by atoms with Crippen LogP contribution in [0.5, 0.6) is 0 Å². The van der Waals surface area contributed by atoms with Crippen LogP contribution in [0.1, 0.15) is 30.4 Å². The number of halogens is 1. The highest BCUT2D eigenvalue weighted by Gasteiger charge is 2.55. The normalized spacial score (nSPS) is 26.9. The second-order valence-corrected chi connectivity index (χ2v) is 8.35. The molecule has 0 aliphatic carbocycles. The molecule has 5 heteroatoms.